The van der Waals surface area contributed by atoms with Gasteiger partial charge in [0.25, 0.3) is 0 Å². The Morgan fingerprint density at radius 1 is 1.29 bits per heavy atom. The lowest BCUT2D eigenvalue weighted by atomic mass is 9.85. The molecule has 2 unspecified atom stereocenters. The topological polar surface area (TPSA) is 53.6 Å². The summed E-state index contributed by atoms with van der Waals surface area (Å²) in [7, 11) is 0. The molecular formula is C21H37Cl2N3O2. The van der Waals surface area contributed by atoms with E-state index in [2.05, 4.69) is 36.3 Å². The van der Waals surface area contributed by atoms with Gasteiger partial charge in [-0.15, -0.1) is 24.8 Å². The summed E-state index contributed by atoms with van der Waals surface area (Å²) in [5.74, 6) is 1.80. The number of benzene rings is 1. The lowest BCUT2D eigenvalue weighted by Gasteiger charge is -2.28. The van der Waals surface area contributed by atoms with Gasteiger partial charge in [-0.1, -0.05) is 32.9 Å². The summed E-state index contributed by atoms with van der Waals surface area (Å²) in [5, 5.41) is 6.48. The van der Waals surface area contributed by atoms with E-state index in [9.17, 15) is 4.79 Å². The van der Waals surface area contributed by atoms with Gasteiger partial charge < -0.3 is 20.3 Å². The fourth-order valence-electron chi connectivity index (χ4n) is 3.55. The third kappa shape index (κ3) is 8.99. The number of halogens is 2. The number of likely N-dealkylation sites (N-methyl/N-ethyl adjacent to an activating group) is 1. The van der Waals surface area contributed by atoms with Crippen molar-refractivity contribution in [1.29, 1.82) is 0 Å². The van der Waals surface area contributed by atoms with Crippen molar-refractivity contribution in [2.75, 3.05) is 44.6 Å². The number of piperidine rings is 1. The predicted octanol–water partition coefficient (Wildman–Crippen LogP) is 4.22. The van der Waals surface area contributed by atoms with Gasteiger partial charge in [-0.05, 0) is 63.0 Å². The maximum atomic E-state index is 12.5. The van der Waals surface area contributed by atoms with Gasteiger partial charge in [0, 0.05) is 13.0 Å². The van der Waals surface area contributed by atoms with Crippen LogP contribution in [0.15, 0.2) is 24.3 Å². The number of para-hydroxylation sites is 2. The van der Waals surface area contributed by atoms with E-state index in [4.69, 9.17) is 4.74 Å². The quantitative estimate of drug-likeness (QED) is 0.579. The minimum absolute atomic E-state index is 0. The van der Waals surface area contributed by atoms with Crippen LogP contribution < -0.4 is 15.4 Å². The molecule has 0 spiro atoms. The van der Waals surface area contributed by atoms with Crippen molar-refractivity contribution in [1.82, 2.24) is 10.2 Å². The molecule has 162 valence electrons. The highest BCUT2D eigenvalue weighted by Crippen LogP contribution is 2.26. The van der Waals surface area contributed by atoms with E-state index in [-0.39, 0.29) is 30.7 Å². The molecule has 7 heteroatoms. The second-order valence-corrected chi connectivity index (χ2v) is 7.21. The fraction of sp³-hybridized carbons (Fsp3) is 0.667. The van der Waals surface area contributed by atoms with Crippen molar-refractivity contribution >= 4 is 36.4 Å². The van der Waals surface area contributed by atoms with Crippen molar-refractivity contribution in [3.8, 4) is 5.75 Å². The maximum Gasteiger partial charge on any atom is 0.224 e. The van der Waals surface area contributed by atoms with Gasteiger partial charge in [-0.25, -0.2) is 0 Å². The van der Waals surface area contributed by atoms with Crippen LogP contribution in [0.1, 0.15) is 40.0 Å². The largest absolute Gasteiger partial charge is 0.490 e. The fourth-order valence-corrected chi connectivity index (χ4v) is 3.55. The predicted molar refractivity (Wildman–Crippen MR) is 122 cm³/mol. The average molecular weight is 434 g/mol. The molecule has 28 heavy (non-hydrogen) atoms. The van der Waals surface area contributed by atoms with Crippen LogP contribution in [-0.2, 0) is 4.79 Å². The minimum Gasteiger partial charge on any atom is -0.490 e. The third-order valence-electron chi connectivity index (χ3n) is 5.37. The first-order valence-corrected chi connectivity index (χ1v) is 10.1. The smallest absolute Gasteiger partial charge is 0.224 e. The number of ether oxygens (including phenoxy) is 1. The zero-order chi connectivity index (χ0) is 18.8. The Hall–Kier alpha value is -1.01. The normalized spacial score (nSPS) is 17.2. The van der Waals surface area contributed by atoms with Gasteiger partial charge in [-0.2, -0.15) is 0 Å². The van der Waals surface area contributed by atoms with Gasteiger partial charge in [0.05, 0.1) is 5.69 Å². The lowest BCUT2D eigenvalue weighted by molar-refractivity contribution is -0.117. The van der Waals surface area contributed by atoms with Crippen LogP contribution in [0.2, 0.25) is 0 Å². The third-order valence-corrected chi connectivity index (χ3v) is 5.37. The van der Waals surface area contributed by atoms with E-state index >= 15 is 0 Å². The zero-order valence-corrected chi connectivity index (χ0v) is 19.0. The van der Waals surface area contributed by atoms with Crippen LogP contribution in [0, 0.1) is 11.8 Å². The molecular weight excluding hydrogens is 397 g/mol. The first kappa shape index (κ1) is 27.0. The Labute approximate surface area is 182 Å². The van der Waals surface area contributed by atoms with Crippen LogP contribution in [0.5, 0.6) is 5.75 Å². The SMILES string of the molecule is CCN(CC)CCOc1ccccc1NC(=O)CC(C)C1CCCNC1.Cl.Cl. The Balaban J connectivity index is 0.00000364. The van der Waals surface area contributed by atoms with E-state index < -0.39 is 0 Å². The van der Waals surface area contributed by atoms with E-state index in [1.165, 1.54) is 12.8 Å². The Kier molecular flexibility index (Phi) is 14.4. The van der Waals surface area contributed by atoms with E-state index in [1.807, 2.05) is 24.3 Å². The number of hydrogen-bond donors (Lipinski definition) is 2. The Morgan fingerprint density at radius 3 is 2.64 bits per heavy atom. The second kappa shape index (κ2) is 14.9. The van der Waals surface area contributed by atoms with E-state index in [1.54, 1.807) is 0 Å². The van der Waals surface area contributed by atoms with E-state index in [0.717, 1.165) is 44.2 Å². The molecule has 1 fully saturated rings. The second-order valence-electron chi connectivity index (χ2n) is 7.21. The standard InChI is InChI=1S/C21H35N3O2.2ClH/c1-4-24(5-2)13-14-26-20-11-7-6-10-19(20)23-21(25)15-17(3)18-9-8-12-22-16-18;;/h6-7,10-11,17-18,22H,4-5,8-9,12-16H2,1-3H3,(H,23,25);2*1H. The molecule has 1 aromatic rings. The molecule has 2 atom stereocenters. The van der Waals surface area contributed by atoms with Crippen LogP contribution in [0.4, 0.5) is 5.69 Å². The summed E-state index contributed by atoms with van der Waals surface area (Å²) in [4.78, 5) is 14.8. The van der Waals surface area contributed by atoms with E-state index in [0.29, 0.717) is 24.9 Å². The summed E-state index contributed by atoms with van der Waals surface area (Å²) >= 11 is 0. The molecule has 0 aromatic heterocycles. The van der Waals surface area contributed by atoms with Crippen LogP contribution in [-0.4, -0.2) is 50.1 Å². The molecule has 1 aliphatic heterocycles. The number of carbonyl (C=O) groups is 1. The summed E-state index contributed by atoms with van der Waals surface area (Å²) in [6.45, 7) is 12.2. The molecule has 2 rings (SSSR count). The molecule has 1 aromatic carbocycles. The molecule has 5 nitrogen and oxygen atoms in total. The molecule has 1 aliphatic rings. The average Bonchev–Trinajstić information content (AvgIpc) is 2.67. The first-order valence-electron chi connectivity index (χ1n) is 10.1. The molecule has 0 bridgehead atoms. The summed E-state index contributed by atoms with van der Waals surface area (Å²) < 4.78 is 5.93. The highest BCUT2D eigenvalue weighted by atomic mass is 35.5. The number of nitrogens with zero attached hydrogens (tertiary/aromatic N) is 1. The van der Waals surface area contributed by atoms with Crippen LogP contribution >= 0.6 is 24.8 Å². The Morgan fingerprint density at radius 2 is 2.00 bits per heavy atom. The highest BCUT2D eigenvalue weighted by Gasteiger charge is 2.22. The number of nitrogens with one attached hydrogen (secondary N) is 2. The number of rotatable bonds is 10. The molecule has 1 heterocycles. The van der Waals surface area contributed by atoms with Gasteiger partial charge >= 0.3 is 0 Å². The number of hydrogen-bond acceptors (Lipinski definition) is 4. The lowest BCUT2D eigenvalue weighted by Crippen LogP contribution is -2.34. The zero-order valence-electron chi connectivity index (χ0n) is 17.4. The van der Waals surface area contributed by atoms with Crippen molar-refractivity contribution in [2.45, 2.75) is 40.0 Å². The van der Waals surface area contributed by atoms with Crippen molar-refractivity contribution in [2.24, 2.45) is 11.8 Å². The summed E-state index contributed by atoms with van der Waals surface area (Å²) in [6, 6.07) is 7.71. The molecule has 0 radical (unpaired) electrons. The number of carbonyl (C=O) groups excluding carboxylic acids is 1. The van der Waals surface area contributed by atoms with Crippen LogP contribution in [0.25, 0.3) is 0 Å². The van der Waals surface area contributed by atoms with Gasteiger partial charge in [-0.3, -0.25) is 4.79 Å². The molecule has 1 amide bonds. The highest BCUT2D eigenvalue weighted by molar-refractivity contribution is 5.92. The van der Waals surface area contributed by atoms with Gasteiger partial charge in [0.2, 0.25) is 5.91 Å². The molecule has 2 N–H and O–H groups in total. The molecule has 0 aliphatic carbocycles. The monoisotopic (exact) mass is 433 g/mol. The van der Waals surface area contributed by atoms with Crippen molar-refractivity contribution in [3.05, 3.63) is 24.3 Å². The number of anilines is 1. The molecule has 1 saturated heterocycles. The van der Waals surface area contributed by atoms with Gasteiger partial charge in [0.15, 0.2) is 0 Å². The maximum absolute atomic E-state index is 12.5. The first-order chi connectivity index (χ1) is 12.6. The van der Waals surface area contributed by atoms with Crippen LogP contribution in [0.3, 0.4) is 0 Å². The molecule has 0 saturated carbocycles. The summed E-state index contributed by atoms with van der Waals surface area (Å²) in [5.41, 5.74) is 0.769. The van der Waals surface area contributed by atoms with Crippen molar-refractivity contribution < 1.29 is 9.53 Å². The Bertz CT molecular complexity index is 550. The number of amides is 1. The van der Waals surface area contributed by atoms with Crippen molar-refractivity contribution in [3.63, 3.8) is 0 Å². The van der Waals surface area contributed by atoms with Gasteiger partial charge in [0.1, 0.15) is 12.4 Å². The summed E-state index contributed by atoms with van der Waals surface area (Å²) in [6.07, 6.45) is 2.98. The minimum atomic E-state index is 0.